The summed E-state index contributed by atoms with van der Waals surface area (Å²) in [4.78, 5) is 12.0. The minimum Gasteiger partial charge on any atom is -0.508 e. The van der Waals surface area contributed by atoms with Gasteiger partial charge in [0.1, 0.15) is 5.75 Å². The molecule has 2 aromatic carbocycles. The Kier molecular flexibility index (Phi) is 5.62. The lowest BCUT2D eigenvalue weighted by Gasteiger charge is -2.18. The Morgan fingerprint density at radius 2 is 1.67 bits per heavy atom. The Morgan fingerprint density at radius 3 is 2.29 bits per heavy atom. The molecule has 3 N–H and O–H groups in total. The molecule has 0 radical (unpaired) electrons. The van der Waals surface area contributed by atoms with Gasteiger partial charge in [-0.1, -0.05) is 12.1 Å². The van der Waals surface area contributed by atoms with E-state index in [4.69, 9.17) is 0 Å². The first-order valence-corrected chi connectivity index (χ1v) is 8.90. The number of nitrogens with one attached hydrogen (secondary N) is 2. The topological polar surface area (TPSA) is 78.4 Å². The van der Waals surface area contributed by atoms with Gasteiger partial charge in [-0.3, -0.25) is 4.21 Å². The number of carbonyl (C=O) groups excluding carboxylic acids is 1. The van der Waals surface area contributed by atoms with Crippen molar-refractivity contribution in [3.8, 4) is 5.75 Å². The van der Waals surface area contributed by atoms with Gasteiger partial charge < -0.3 is 15.7 Å². The minimum absolute atomic E-state index is 0.139. The number of urea groups is 1. The number of aromatic hydroxyl groups is 1. The molecule has 0 unspecified atom stereocenters. The molecule has 0 saturated carbocycles. The number of benzene rings is 2. The molecular weight excluding hydrogens is 324 g/mol. The Balaban J connectivity index is 1.99. The Bertz CT molecular complexity index is 737. The average molecular weight is 346 g/mol. The lowest BCUT2D eigenvalue weighted by atomic mass is 10.2. The van der Waals surface area contributed by atoms with Gasteiger partial charge in [0, 0.05) is 32.7 Å². The van der Waals surface area contributed by atoms with E-state index in [-0.39, 0.29) is 16.5 Å². The molecule has 2 amide bonds. The molecule has 0 spiro atoms. The third kappa shape index (κ3) is 5.38. The third-order valence-electron chi connectivity index (χ3n) is 3.29. The number of carbonyl (C=O) groups is 1. The van der Waals surface area contributed by atoms with E-state index in [1.807, 2.05) is 39.0 Å². The van der Waals surface area contributed by atoms with Crippen LogP contribution in [0.25, 0.3) is 0 Å². The van der Waals surface area contributed by atoms with Crippen LogP contribution in [0.4, 0.5) is 16.2 Å². The van der Waals surface area contributed by atoms with Gasteiger partial charge in [0.25, 0.3) is 0 Å². The zero-order chi connectivity index (χ0) is 17.7. The number of phenols is 1. The Hall–Kier alpha value is -2.34. The van der Waals surface area contributed by atoms with E-state index in [1.54, 1.807) is 18.2 Å². The molecule has 2 rings (SSSR count). The maximum Gasteiger partial charge on any atom is 0.323 e. The summed E-state index contributed by atoms with van der Waals surface area (Å²) < 4.78 is 11.9. The van der Waals surface area contributed by atoms with Crippen LogP contribution < -0.4 is 10.6 Å². The summed E-state index contributed by atoms with van der Waals surface area (Å²) in [6.45, 7) is 5.82. The standard InChI is InChI=1S/C18H22N2O3S/c1-18(2,3)24(23)12-13-5-4-6-15(11-13)20-17(22)19-14-7-9-16(21)10-8-14/h4-11,21H,12H2,1-3H3,(H2,19,20,22)/t24-/m0/s1. The van der Waals surface area contributed by atoms with Crippen LogP contribution in [0, 0.1) is 0 Å². The quantitative estimate of drug-likeness (QED) is 0.730. The van der Waals surface area contributed by atoms with Crippen molar-refractivity contribution < 1.29 is 14.1 Å². The van der Waals surface area contributed by atoms with Crippen molar-refractivity contribution in [3.63, 3.8) is 0 Å². The molecule has 0 aromatic heterocycles. The van der Waals surface area contributed by atoms with Gasteiger partial charge in [-0.05, 0) is 62.7 Å². The van der Waals surface area contributed by atoms with Gasteiger partial charge in [-0.25, -0.2) is 4.79 Å². The van der Waals surface area contributed by atoms with Crippen molar-refractivity contribution in [3.05, 3.63) is 54.1 Å². The highest BCUT2D eigenvalue weighted by Crippen LogP contribution is 2.19. The molecule has 5 nitrogen and oxygen atoms in total. The van der Waals surface area contributed by atoms with Gasteiger partial charge >= 0.3 is 6.03 Å². The summed E-state index contributed by atoms with van der Waals surface area (Å²) in [7, 11) is -0.995. The van der Waals surface area contributed by atoms with Crippen LogP contribution in [0.15, 0.2) is 48.5 Å². The van der Waals surface area contributed by atoms with Crippen molar-refractivity contribution in [1.29, 1.82) is 0 Å². The van der Waals surface area contributed by atoms with Crippen LogP contribution in [0.1, 0.15) is 26.3 Å². The molecule has 6 heteroatoms. The average Bonchev–Trinajstić information content (AvgIpc) is 2.49. The van der Waals surface area contributed by atoms with Crippen LogP contribution in [0.5, 0.6) is 5.75 Å². The summed E-state index contributed by atoms with van der Waals surface area (Å²) in [5, 5.41) is 14.7. The van der Waals surface area contributed by atoms with E-state index in [9.17, 15) is 14.1 Å². The number of anilines is 2. The Morgan fingerprint density at radius 1 is 1.04 bits per heavy atom. The molecule has 0 saturated heterocycles. The lowest BCUT2D eigenvalue weighted by Crippen LogP contribution is -2.23. The van der Waals surface area contributed by atoms with E-state index < -0.39 is 10.8 Å². The lowest BCUT2D eigenvalue weighted by molar-refractivity contribution is 0.262. The number of rotatable bonds is 4. The van der Waals surface area contributed by atoms with E-state index in [2.05, 4.69) is 10.6 Å². The van der Waals surface area contributed by atoms with Crippen molar-refractivity contribution in [2.45, 2.75) is 31.3 Å². The van der Waals surface area contributed by atoms with Crippen LogP contribution >= 0.6 is 0 Å². The normalized spacial score (nSPS) is 12.5. The summed E-state index contributed by atoms with van der Waals surface area (Å²) >= 11 is 0. The van der Waals surface area contributed by atoms with Crippen LogP contribution in [0.3, 0.4) is 0 Å². The van der Waals surface area contributed by atoms with Gasteiger partial charge in [0.15, 0.2) is 0 Å². The number of hydrogen-bond donors (Lipinski definition) is 3. The summed E-state index contributed by atoms with van der Waals surface area (Å²) in [6.07, 6.45) is 0. The number of hydrogen-bond acceptors (Lipinski definition) is 3. The van der Waals surface area contributed by atoms with Crippen molar-refractivity contribution in [2.24, 2.45) is 0 Å². The van der Waals surface area contributed by atoms with Crippen molar-refractivity contribution in [1.82, 2.24) is 0 Å². The fourth-order valence-electron chi connectivity index (χ4n) is 1.94. The molecule has 24 heavy (non-hydrogen) atoms. The zero-order valence-corrected chi connectivity index (χ0v) is 14.8. The largest absolute Gasteiger partial charge is 0.508 e. The van der Waals surface area contributed by atoms with Gasteiger partial charge in [-0.15, -0.1) is 0 Å². The molecule has 0 aliphatic carbocycles. The van der Waals surface area contributed by atoms with Crippen LogP contribution in [-0.4, -0.2) is 20.1 Å². The first kappa shape index (κ1) is 18.0. The molecule has 1 atom stereocenters. The van der Waals surface area contributed by atoms with E-state index in [0.717, 1.165) is 5.56 Å². The molecular formula is C18H22N2O3S. The SMILES string of the molecule is CC(C)(C)[S@@](=O)Cc1cccc(NC(=O)Nc2ccc(O)cc2)c1. The van der Waals surface area contributed by atoms with Gasteiger partial charge in [0.05, 0.1) is 0 Å². The highest BCUT2D eigenvalue weighted by atomic mass is 32.2. The zero-order valence-electron chi connectivity index (χ0n) is 14.0. The second-order valence-corrected chi connectivity index (χ2v) is 8.63. The van der Waals surface area contributed by atoms with E-state index in [1.165, 1.54) is 12.1 Å². The molecule has 0 aliphatic heterocycles. The minimum atomic E-state index is -0.995. The molecule has 128 valence electrons. The molecule has 0 aliphatic rings. The van der Waals surface area contributed by atoms with E-state index >= 15 is 0 Å². The van der Waals surface area contributed by atoms with Crippen LogP contribution in [-0.2, 0) is 16.6 Å². The third-order valence-corrected chi connectivity index (χ3v) is 5.25. The number of phenolic OH excluding ortho intramolecular Hbond substituents is 1. The number of amides is 2. The van der Waals surface area contributed by atoms with Crippen LogP contribution in [0.2, 0.25) is 0 Å². The highest BCUT2D eigenvalue weighted by molar-refractivity contribution is 7.85. The maximum atomic E-state index is 12.2. The molecule has 0 fully saturated rings. The van der Waals surface area contributed by atoms with Gasteiger partial charge in [-0.2, -0.15) is 0 Å². The fourth-order valence-corrected chi connectivity index (χ4v) is 2.86. The second-order valence-electron chi connectivity index (χ2n) is 6.43. The van der Waals surface area contributed by atoms with Crippen molar-refractivity contribution >= 4 is 28.2 Å². The second kappa shape index (κ2) is 7.49. The summed E-state index contributed by atoms with van der Waals surface area (Å²) in [5.41, 5.74) is 2.12. The predicted molar refractivity (Wildman–Crippen MR) is 98.8 cm³/mol. The first-order valence-electron chi connectivity index (χ1n) is 7.58. The van der Waals surface area contributed by atoms with Gasteiger partial charge in [0.2, 0.25) is 0 Å². The molecule has 2 aromatic rings. The smallest absolute Gasteiger partial charge is 0.323 e. The van der Waals surface area contributed by atoms with Crippen molar-refractivity contribution in [2.75, 3.05) is 10.6 Å². The fraction of sp³-hybridized carbons (Fsp3) is 0.278. The van der Waals surface area contributed by atoms with E-state index in [0.29, 0.717) is 17.1 Å². The molecule has 0 bridgehead atoms. The molecule has 0 heterocycles. The summed E-state index contributed by atoms with van der Waals surface area (Å²) in [6, 6.07) is 13.2. The highest BCUT2D eigenvalue weighted by Gasteiger charge is 2.19. The summed E-state index contributed by atoms with van der Waals surface area (Å²) in [5.74, 6) is 0.582. The first-order chi connectivity index (χ1) is 11.2. The Labute approximate surface area is 144 Å². The monoisotopic (exact) mass is 346 g/mol. The predicted octanol–water partition coefficient (Wildman–Crippen LogP) is 4.08. The maximum absolute atomic E-state index is 12.2.